The van der Waals surface area contributed by atoms with E-state index in [1.807, 2.05) is 30.4 Å². The number of hydrogen-bond donors (Lipinski definition) is 2. The van der Waals surface area contributed by atoms with Crippen molar-refractivity contribution in [3.05, 3.63) is 39.3 Å². The Balaban J connectivity index is 2.19. The minimum Gasteiger partial charge on any atom is -0.481 e. The van der Waals surface area contributed by atoms with Gasteiger partial charge in [-0.05, 0) is 56.8 Å². The highest BCUT2D eigenvalue weighted by molar-refractivity contribution is 9.11. The molecule has 2 N–H and O–H groups in total. The minimum absolute atomic E-state index is 0.269. The average Bonchev–Trinajstić information content (AvgIpc) is 2.43. The summed E-state index contributed by atoms with van der Waals surface area (Å²) in [5.41, 5.74) is 0.621. The van der Waals surface area contributed by atoms with E-state index in [1.165, 1.54) is 0 Å². The molecule has 4 nitrogen and oxygen atoms in total. The zero-order valence-corrected chi connectivity index (χ0v) is 13.6. The van der Waals surface area contributed by atoms with Crippen LogP contribution in [0.5, 0.6) is 0 Å². The predicted octanol–water partition coefficient (Wildman–Crippen LogP) is 3.82. The largest absolute Gasteiger partial charge is 0.481 e. The molecule has 1 aliphatic rings. The molecule has 1 amide bonds. The molecule has 1 aliphatic carbocycles. The van der Waals surface area contributed by atoms with Gasteiger partial charge < -0.3 is 10.4 Å². The number of halogens is 2. The summed E-state index contributed by atoms with van der Waals surface area (Å²) in [4.78, 5) is 23.6. The fourth-order valence-electron chi connectivity index (χ4n) is 2.21. The van der Waals surface area contributed by atoms with Crippen LogP contribution in [0.1, 0.15) is 12.8 Å². The van der Waals surface area contributed by atoms with Crippen molar-refractivity contribution in [1.82, 2.24) is 0 Å². The molecule has 1 aromatic rings. The van der Waals surface area contributed by atoms with Crippen LogP contribution in [0.2, 0.25) is 0 Å². The van der Waals surface area contributed by atoms with Gasteiger partial charge in [0.15, 0.2) is 0 Å². The average molecular weight is 403 g/mol. The summed E-state index contributed by atoms with van der Waals surface area (Å²) in [6.07, 6.45) is 4.52. The van der Waals surface area contributed by atoms with Crippen molar-refractivity contribution in [2.75, 3.05) is 5.32 Å². The van der Waals surface area contributed by atoms with E-state index in [1.54, 1.807) is 0 Å². The van der Waals surface area contributed by atoms with E-state index < -0.39 is 17.8 Å². The number of para-hydroxylation sites is 1. The summed E-state index contributed by atoms with van der Waals surface area (Å²) in [6.45, 7) is 0. The van der Waals surface area contributed by atoms with Gasteiger partial charge in [-0.1, -0.05) is 18.2 Å². The second kappa shape index (κ2) is 6.54. The maximum Gasteiger partial charge on any atom is 0.307 e. The van der Waals surface area contributed by atoms with E-state index >= 15 is 0 Å². The summed E-state index contributed by atoms with van der Waals surface area (Å²) in [7, 11) is 0. The standard InChI is InChI=1S/C14H13Br2NO3/c15-10-6-3-7-11(16)12(10)17-13(18)8-4-1-2-5-9(8)14(19)20/h1-3,6-9H,4-5H2,(H,17,18)(H,19,20). The van der Waals surface area contributed by atoms with E-state index in [4.69, 9.17) is 0 Å². The van der Waals surface area contributed by atoms with E-state index in [2.05, 4.69) is 37.2 Å². The third-order valence-corrected chi connectivity index (χ3v) is 4.62. The molecular formula is C14H13Br2NO3. The molecule has 0 spiro atoms. The number of carbonyl (C=O) groups excluding carboxylic acids is 1. The van der Waals surface area contributed by atoms with Crippen molar-refractivity contribution in [3.8, 4) is 0 Å². The van der Waals surface area contributed by atoms with Gasteiger partial charge in [-0.15, -0.1) is 0 Å². The SMILES string of the molecule is O=C(O)C1CC=CCC1C(=O)Nc1c(Br)cccc1Br. The molecule has 6 heteroatoms. The highest BCUT2D eigenvalue weighted by atomic mass is 79.9. The molecule has 0 aromatic heterocycles. The Bertz CT molecular complexity index is 551. The highest BCUT2D eigenvalue weighted by Gasteiger charge is 2.34. The maximum atomic E-state index is 12.3. The van der Waals surface area contributed by atoms with Crippen molar-refractivity contribution in [3.63, 3.8) is 0 Å². The van der Waals surface area contributed by atoms with Gasteiger partial charge in [-0.2, -0.15) is 0 Å². The zero-order valence-electron chi connectivity index (χ0n) is 10.5. The van der Waals surface area contributed by atoms with Crippen LogP contribution in [0.15, 0.2) is 39.3 Å². The Labute approximate surface area is 133 Å². The van der Waals surface area contributed by atoms with Gasteiger partial charge in [-0.25, -0.2) is 0 Å². The summed E-state index contributed by atoms with van der Waals surface area (Å²) in [5, 5.41) is 12.0. The lowest BCUT2D eigenvalue weighted by Gasteiger charge is -2.24. The Hall–Kier alpha value is -1.14. The monoisotopic (exact) mass is 401 g/mol. The number of carboxylic acid groups (broad SMARTS) is 1. The fourth-order valence-corrected chi connectivity index (χ4v) is 3.41. The molecule has 2 atom stereocenters. The van der Waals surface area contributed by atoms with Gasteiger partial charge in [0, 0.05) is 8.95 Å². The first-order valence-electron chi connectivity index (χ1n) is 6.13. The Kier molecular flexibility index (Phi) is 4.99. The number of carboxylic acids is 1. The number of aliphatic carboxylic acids is 1. The van der Waals surface area contributed by atoms with Crippen LogP contribution in [0.3, 0.4) is 0 Å². The number of allylic oxidation sites excluding steroid dienone is 2. The van der Waals surface area contributed by atoms with Crippen molar-refractivity contribution in [2.24, 2.45) is 11.8 Å². The van der Waals surface area contributed by atoms with Gasteiger partial charge in [0.25, 0.3) is 0 Å². The first-order chi connectivity index (χ1) is 9.50. The summed E-state index contributed by atoms with van der Waals surface area (Å²) < 4.78 is 1.50. The molecule has 2 unspecified atom stereocenters. The van der Waals surface area contributed by atoms with Gasteiger partial charge in [0.1, 0.15) is 0 Å². The number of benzene rings is 1. The van der Waals surface area contributed by atoms with Crippen molar-refractivity contribution < 1.29 is 14.7 Å². The maximum absolute atomic E-state index is 12.3. The number of hydrogen-bond acceptors (Lipinski definition) is 2. The number of nitrogens with one attached hydrogen (secondary N) is 1. The topological polar surface area (TPSA) is 66.4 Å². The number of anilines is 1. The van der Waals surface area contributed by atoms with E-state index in [0.717, 1.165) is 8.95 Å². The molecule has 0 aliphatic heterocycles. The van der Waals surface area contributed by atoms with Crippen LogP contribution in [0.25, 0.3) is 0 Å². The third kappa shape index (κ3) is 3.30. The van der Waals surface area contributed by atoms with Crippen molar-refractivity contribution in [1.29, 1.82) is 0 Å². The summed E-state index contributed by atoms with van der Waals surface area (Å²) >= 11 is 6.74. The second-order valence-corrected chi connectivity index (χ2v) is 6.29. The number of rotatable bonds is 3. The Morgan fingerprint density at radius 1 is 1.10 bits per heavy atom. The predicted molar refractivity (Wildman–Crippen MR) is 83.5 cm³/mol. The molecule has 0 radical (unpaired) electrons. The quantitative estimate of drug-likeness (QED) is 0.755. The number of amides is 1. The molecule has 2 rings (SSSR count). The van der Waals surface area contributed by atoms with Crippen LogP contribution in [0, 0.1) is 11.8 Å². The lowest BCUT2D eigenvalue weighted by atomic mass is 9.82. The minimum atomic E-state index is -0.930. The molecule has 0 heterocycles. The molecule has 20 heavy (non-hydrogen) atoms. The fraction of sp³-hybridized carbons (Fsp3) is 0.286. The second-order valence-electron chi connectivity index (χ2n) is 4.58. The smallest absolute Gasteiger partial charge is 0.307 e. The molecule has 0 bridgehead atoms. The normalized spacial score (nSPS) is 21.5. The van der Waals surface area contributed by atoms with Crippen molar-refractivity contribution in [2.45, 2.75) is 12.8 Å². The lowest BCUT2D eigenvalue weighted by Crippen LogP contribution is -2.34. The highest BCUT2D eigenvalue weighted by Crippen LogP contribution is 2.33. The van der Waals surface area contributed by atoms with Crippen LogP contribution in [-0.2, 0) is 9.59 Å². The van der Waals surface area contributed by atoms with E-state index in [0.29, 0.717) is 18.5 Å². The van der Waals surface area contributed by atoms with Gasteiger partial charge >= 0.3 is 5.97 Å². The summed E-state index contributed by atoms with van der Waals surface area (Å²) in [6, 6.07) is 5.47. The van der Waals surface area contributed by atoms with Crippen LogP contribution in [-0.4, -0.2) is 17.0 Å². The Morgan fingerprint density at radius 2 is 1.65 bits per heavy atom. The van der Waals surface area contributed by atoms with E-state index in [9.17, 15) is 14.7 Å². The number of carbonyl (C=O) groups is 2. The molecular weight excluding hydrogens is 390 g/mol. The lowest BCUT2D eigenvalue weighted by molar-refractivity contribution is -0.146. The van der Waals surface area contributed by atoms with Gasteiger partial charge in [0.2, 0.25) is 5.91 Å². The van der Waals surface area contributed by atoms with Gasteiger partial charge in [0.05, 0.1) is 17.5 Å². The zero-order chi connectivity index (χ0) is 14.7. The van der Waals surface area contributed by atoms with Crippen LogP contribution >= 0.6 is 31.9 Å². The first-order valence-corrected chi connectivity index (χ1v) is 7.72. The molecule has 0 saturated carbocycles. The molecule has 1 aromatic carbocycles. The van der Waals surface area contributed by atoms with Crippen molar-refractivity contribution >= 4 is 49.4 Å². The molecule has 106 valence electrons. The third-order valence-electron chi connectivity index (χ3n) is 3.30. The molecule has 0 fully saturated rings. The van der Waals surface area contributed by atoms with Gasteiger partial charge in [-0.3, -0.25) is 9.59 Å². The Morgan fingerprint density at radius 3 is 2.20 bits per heavy atom. The first kappa shape index (κ1) is 15.3. The van der Waals surface area contributed by atoms with Crippen LogP contribution in [0.4, 0.5) is 5.69 Å². The van der Waals surface area contributed by atoms with E-state index in [-0.39, 0.29) is 5.91 Å². The van der Waals surface area contributed by atoms with Crippen LogP contribution < -0.4 is 5.32 Å². The molecule has 0 saturated heterocycles. The summed E-state index contributed by atoms with van der Waals surface area (Å²) in [5.74, 6) is -2.41.